The average Bonchev–Trinajstić information content (AvgIpc) is 2.77. The Morgan fingerprint density at radius 3 is 2.77 bits per heavy atom. The summed E-state index contributed by atoms with van der Waals surface area (Å²) in [5.74, 6) is 0.988. The molecule has 1 heterocycles. The first-order valence-corrected chi connectivity index (χ1v) is 10.3. The van der Waals surface area contributed by atoms with Crippen LogP contribution in [0.5, 0.6) is 11.5 Å². The third-order valence-corrected chi connectivity index (χ3v) is 5.84. The minimum absolute atomic E-state index is 0.0236. The van der Waals surface area contributed by atoms with Crippen LogP contribution in [0.3, 0.4) is 0 Å². The zero-order chi connectivity index (χ0) is 22.0. The summed E-state index contributed by atoms with van der Waals surface area (Å²) in [4.78, 5) is 12.7. The molecule has 0 spiro atoms. The second-order valence-electron chi connectivity index (χ2n) is 7.33. The Labute approximate surface area is 185 Å². The molecule has 2 aliphatic rings. The number of allylic oxidation sites excluding steroid dienone is 3. The fourth-order valence-electron chi connectivity index (χ4n) is 3.94. The molecule has 2 aromatic rings. The largest absolute Gasteiger partial charge is 0.493 e. The van der Waals surface area contributed by atoms with E-state index in [2.05, 4.69) is 6.07 Å². The van der Waals surface area contributed by atoms with Crippen LogP contribution >= 0.6 is 11.6 Å². The first-order chi connectivity index (χ1) is 15.0. The molecule has 0 amide bonds. The molecule has 158 valence electrons. The number of hydrogen-bond acceptors (Lipinski definition) is 6. The fraction of sp³-hybridized carbons (Fsp3) is 0.250. The lowest BCUT2D eigenvalue weighted by Crippen LogP contribution is -2.27. The predicted molar refractivity (Wildman–Crippen MR) is 115 cm³/mol. The van der Waals surface area contributed by atoms with Gasteiger partial charge < -0.3 is 19.9 Å². The number of carbonyl (C=O) groups is 1. The lowest BCUT2D eigenvalue weighted by molar-refractivity contribution is -0.116. The molecular weight excluding hydrogens is 416 g/mol. The van der Waals surface area contributed by atoms with E-state index >= 15 is 0 Å². The SMILES string of the molecule is COc1cc([C@@H]2C(C#N)=C(N)OC3=C2C(=O)CCC3)ccc1OCc1ccccc1Cl. The van der Waals surface area contributed by atoms with Gasteiger partial charge in [-0.25, -0.2) is 0 Å². The highest BCUT2D eigenvalue weighted by molar-refractivity contribution is 6.31. The molecule has 0 bridgehead atoms. The van der Waals surface area contributed by atoms with Gasteiger partial charge in [0, 0.05) is 29.0 Å². The Morgan fingerprint density at radius 2 is 2.03 bits per heavy atom. The molecule has 31 heavy (non-hydrogen) atoms. The molecule has 2 N–H and O–H groups in total. The van der Waals surface area contributed by atoms with E-state index in [0.29, 0.717) is 52.7 Å². The molecular formula is C24H21ClN2O4. The highest BCUT2D eigenvalue weighted by Crippen LogP contribution is 2.45. The zero-order valence-electron chi connectivity index (χ0n) is 17.0. The Morgan fingerprint density at radius 1 is 1.23 bits per heavy atom. The van der Waals surface area contributed by atoms with E-state index in [1.807, 2.05) is 24.3 Å². The molecule has 0 saturated heterocycles. The van der Waals surface area contributed by atoms with E-state index in [1.54, 1.807) is 18.2 Å². The summed E-state index contributed by atoms with van der Waals surface area (Å²) in [6, 6.07) is 14.9. The fourth-order valence-corrected chi connectivity index (χ4v) is 4.13. The Balaban J connectivity index is 1.69. The third kappa shape index (κ3) is 3.97. The van der Waals surface area contributed by atoms with Crippen LogP contribution in [-0.2, 0) is 16.1 Å². The van der Waals surface area contributed by atoms with Gasteiger partial charge in [-0.2, -0.15) is 5.26 Å². The van der Waals surface area contributed by atoms with Crippen molar-refractivity contribution in [1.29, 1.82) is 5.26 Å². The van der Waals surface area contributed by atoms with Crippen LogP contribution in [0.1, 0.15) is 36.3 Å². The molecule has 1 atom stereocenters. The lowest BCUT2D eigenvalue weighted by Gasteiger charge is -2.31. The van der Waals surface area contributed by atoms with E-state index in [9.17, 15) is 10.1 Å². The molecule has 0 aromatic heterocycles. The predicted octanol–water partition coefficient (Wildman–Crippen LogP) is 4.74. The number of Topliss-reactive ketones (excluding diaryl/α,β-unsaturated/α-hetero) is 1. The number of carbonyl (C=O) groups excluding carboxylic acids is 1. The summed E-state index contributed by atoms with van der Waals surface area (Å²) >= 11 is 6.21. The average molecular weight is 437 g/mol. The number of nitrogens with zero attached hydrogens (tertiary/aromatic N) is 1. The van der Waals surface area contributed by atoms with Crippen molar-refractivity contribution in [2.75, 3.05) is 7.11 Å². The Bertz CT molecular complexity index is 1150. The van der Waals surface area contributed by atoms with Crippen molar-refractivity contribution < 1.29 is 19.0 Å². The first-order valence-electron chi connectivity index (χ1n) is 9.91. The molecule has 2 aromatic carbocycles. The topological polar surface area (TPSA) is 94.6 Å². The maximum Gasteiger partial charge on any atom is 0.205 e. The van der Waals surface area contributed by atoms with Gasteiger partial charge in [-0.05, 0) is 30.2 Å². The van der Waals surface area contributed by atoms with E-state index < -0.39 is 5.92 Å². The van der Waals surface area contributed by atoms with E-state index in [1.165, 1.54) is 7.11 Å². The maximum atomic E-state index is 12.7. The standard InChI is InChI=1S/C24H21ClN2O4/c1-29-21-11-14(9-10-19(21)30-13-15-5-2-3-6-17(15)25)22-16(12-26)24(27)31-20-8-4-7-18(28)23(20)22/h2-3,5-6,9-11,22H,4,7-8,13,27H2,1H3/t22-/m1/s1. The van der Waals surface area contributed by atoms with Crippen LogP contribution in [0.25, 0.3) is 0 Å². The first kappa shape index (κ1) is 20.8. The van der Waals surface area contributed by atoms with Gasteiger partial charge in [0.25, 0.3) is 0 Å². The molecule has 7 heteroatoms. The van der Waals surface area contributed by atoms with E-state index in [4.69, 9.17) is 31.5 Å². The Hall–Kier alpha value is -3.43. The number of hydrogen-bond donors (Lipinski definition) is 1. The minimum atomic E-state index is -0.590. The van der Waals surface area contributed by atoms with Crippen molar-refractivity contribution in [2.45, 2.75) is 31.8 Å². The maximum absolute atomic E-state index is 12.7. The molecule has 1 aliphatic heterocycles. The summed E-state index contributed by atoms with van der Waals surface area (Å²) in [6.07, 6.45) is 1.75. The van der Waals surface area contributed by atoms with Crippen molar-refractivity contribution in [3.05, 3.63) is 81.4 Å². The van der Waals surface area contributed by atoms with Crippen molar-refractivity contribution >= 4 is 17.4 Å². The second-order valence-corrected chi connectivity index (χ2v) is 7.74. The van der Waals surface area contributed by atoms with Gasteiger partial charge in [-0.15, -0.1) is 0 Å². The molecule has 0 unspecified atom stereocenters. The monoisotopic (exact) mass is 436 g/mol. The van der Waals surface area contributed by atoms with Crippen LogP contribution in [-0.4, -0.2) is 12.9 Å². The van der Waals surface area contributed by atoms with Crippen LogP contribution < -0.4 is 15.2 Å². The smallest absolute Gasteiger partial charge is 0.205 e. The van der Waals surface area contributed by atoms with Crippen LogP contribution in [0.15, 0.2) is 65.3 Å². The number of nitrogens with two attached hydrogens (primary N) is 1. The van der Waals surface area contributed by atoms with Crippen LogP contribution in [0.4, 0.5) is 0 Å². The van der Waals surface area contributed by atoms with Crippen LogP contribution in [0, 0.1) is 11.3 Å². The Kier molecular flexibility index (Phi) is 5.88. The van der Waals surface area contributed by atoms with Crippen molar-refractivity contribution in [3.8, 4) is 17.6 Å². The summed E-state index contributed by atoms with van der Waals surface area (Å²) in [5, 5.41) is 10.3. The van der Waals surface area contributed by atoms with Gasteiger partial charge in [0.1, 0.15) is 24.0 Å². The second kappa shape index (κ2) is 8.75. The lowest BCUT2D eigenvalue weighted by atomic mass is 9.77. The van der Waals surface area contributed by atoms with Crippen molar-refractivity contribution in [3.63, 3.8) is 0 Å². The number of halogens is 1. The van der Waals surface area contributed by atoms with Gasteiger partial charge in [0.05, 0.1) is 13.0 Å². The van der Waals surface area contributed by atoms with Crippen LogP contribution in [0.2, 0.25) is 5.02 Å². The number of methoxy groups -OCH3 is 1. The molecule has 0 fully saturated rings. The van der Waals surface area contributed by atoms with E-state index in [0.717, 1.165) is 5.56 Å². The molecule has 6 nitrogen and oxygen atoms in total. The van der Waals surface area contributed by atoms with Crippen molar-refractivity contribution in [1.82, 2.24) is 0 Å². The summed E-state index contributed by atoms with van der Waals surface area (Å²) < 4.78 is 17.1. The summed E-state index contributed by atoms with van der Waals surface area (Å²) in [7, 11) is 1.54. The number of nitriles is 1. The molecule has 4 rings (SSSR count). The zero-order valence-corrected chi connectivity index (χ0v) is 17.7. The summed E-state index contributed by atoms with van der Waals surface area (Å²) in [5.41, 5.74) is 8.31. The highest BCUT2D eigenvalue weighted by Gasteiger charge is 2.38. The highest BCUT2D eigenvalue weighted by atomic mass is 35.5. The normalized spacial score (nSPS) is 18.2. The van der Waals surface area contributed by atoms with Gasteiger partial charge in [0.15, 0.2) is 17.3 Å². The van der Waals surface area contributed by atoms with Crippen molar-refractivity contribution in [2.24, 2.45) is 5.73 Å². The minimum Gasteiger partial charge on any atom is -0.493 e. The quantitative estimate of drug-likeness (QED) is 0.727. The van der Waals surface area contributed by atoms with Gasteiger partial charge in [0.2, 0.25) is 5.88 Å². The molecule has 0 saturated carbocycles. The number of benzene rings is 2. The van der Waals surface area contributed by atoms with Gasteiger partial charge >= 0.3 is 0 Å². The van der Waals surface area contributed by atoms with Gasteiger partial charge in [-0.3, -0.25) is 4.79 Å². The number of rotatable bonds is 5. The number of ether oxygens (including phenoxy) is 3. The van der Waals surface area contributed by atoms with E-state index in [-0.39, 0.29) is 23.8 Å². The molecule has 0 radical (unpaired) electrons. The summed E-state index contributed by atoms with van der Waals surface area (Å²) in [6.45, 7) is 0.275. The number of ketones is 1. The third-order valence-electron chi connectivity index (χ3n) is 5.47. The molecule has 1 aliphatic carbocycles. The van der Waals surface area contributed by atoms with Gasteiger partial charge in [-0.1, -0.05) is 35.9 Å².